The number of carbonyl (C=O) groups is 1. The average molecular weight is 433 g/mol. The molecule has 1 fully saturated rings. The molecule has 2 amide bonds. The van der Waals surface area contributed by atoms with Crippen molar-refractivity contribution in [2.45, 2.75) is 4.21 Å². The Kier molecular flexibility index (Phi) is 4.88. The number of nitrogens with zero attached hydrogens (tertiary/aromatic N) is 1. The number of urea groups is 1. The summed E-state index contributed by atoms with van der Waals surface area (Å²) >= 11 is 7.64. The van der Waals surface area contributed by atoms with Gasteiger partial charge in [-0.3, -0.25) is 0 Å². The lowest BCUT2D eigenvalue weighted by atomic mass is 10.5. The van der Waals surface area contributed by atoms with Crippen LogP contribution in [0.2, 0.25) is 0 Å². The van der Waals surface area contributed by atoms with E-state index in [-0.39, 0.29) is 16.8 Å². The molecule has 2 heterocycles. The second kappa shape index (κ2) is 6.08. The number of hydrogen-bond donors (Lipinski definition) is 2. The first-order valence-corrected chi connectivity index (χ1v) is 9.26. The Morgan fingerprint density at radius 2 is 2.21 bits per heavy atom. The molecule has 2 rings (SSSR count). The van der Waals surface area contributed by atoms with Crippen molar-refractivity contribution in [2.24, 2.45) is 0 Å². The number of sulfonamides is 1. The van der Waals surface area contributed by atoms with Crippen LogP contribution in [0.25, 0.3) is 0 Å². The van der Waals surface area contributed by atoms with Gasteiger partial charge in [-0.2, -0.15) is 0 Å². The number of rotatable bonds is 5. The maximum atomic E-state index is 12.0. The Morgan fingerprint density at radius 1 is 1.47 bits per heavy atom. The minimum Gasteiger partial charge on any atom is -0.336 e. The van der Waals surface area contributed by atoms with Crippen LogP contribution >= 0.6 is 43.2 Å². The topological polar surface area (TPSA) is 78.5 Å². The Hall–Kier alpha value is -0.160. The van der Waals surface area contributed by atoms with Crippen LogP contribution in [-0.4, -0.2) is 45.5 Å². The van der Waals surface area contributed by atoms with E-state index in [9.17, 15) is 13.2 Å². The summed E-state index contributed by atoms with van der Waals surface area (Å²) < 4.78 is 28.1. The fraction of sp³-hybridized carbons (Fsp3) is 0.444. The molecule has 106 valence electrons. The molecular formula is C9H11Br2N3O3S2. The van der Waals surface area contributed by atoms with Gasteiger partial charge in [0, 0.05) is 30.7 Å². The minimum atomic E-state index is -3.52. The molecular weight excluding hydrogens is 422 g/mol. The summed E-state index contributed by atoms with van der Waals surface area (Å²) in [5.41, 5.74) is 0. The van der Waals surface area contributed by atoms with Crippen LogP contribution in [-0.2, 0) is 10.0 Å². The second-order valence-electron chi connectivity index (χ2n) is 3.80. The van der Waals surface area contributed by atoms with E-state index in [0.29, 0.717) is 24.1 Å². The average Bonchev–Trinajstić information content (AvgIpc) is 2.88. The van der Waals surface area contributed by atoms with Crippen LogP contribution in [0.4, 0.5) is 4.79 Å². The van der Waals surface area contributed by atoms with E-state index < -0.39 is 10.0 Å². The molecule has 0 bridgehead atoms. The van der Waals surface area contributed by atoms with Gasteiger partial charge in [0.05, 0.1) is 3.79 Å². The van der Waals surface area contributed by atoms with Gasteiger partial charge >= 0.3 is 6.03 Å². The van der Waals surface area contributed by atoms with Gasteiger partial charge in [-0.05, 0) is 37.9 Å². The van der Waals surface area contributed by atoms with Crippen molar-refractivity contribution in [1.82, 2.24) is 14.9 Å². The first-order chi connectivity index (χ1) is 8.90. The predicted molar refractivity (Wildman–Crippen MR) is 79.9 cm³/mol. The Balaban J connectivity index is 1.92. The lowest BCUT2D eigenvalue weighted by molar-refractivity contribution is 0.218. The van der Waals surface area contributed by atoms with Crippen LogP contribution in [0.1, 0.15) is 0 Å². The molecule has 0 saturated carbocycles. The largest absolute Gasteiger partial charge is 0.336 e. The van der Waals surface area contributed by atoms with Gasteiger partial charge in [-0.1, -0.05) is 0 Å². The van der Waals surface area contributed by atoms with E-state index >= 15 is 0 Å². The van der Waals surface area contributed by atoms with Gasteiger partial charge < -0.3 is 10.2 Å². The van der Waals surface area contributed by atoms with Gasteiger partial charge in [0.25, 0.3) is 0 Å². The SMILES string of the molecule is O=C1NCCN1CCNS(=O)(=O)c1cc(Br)c(Br)s1. The number of carbonyl (C=O) groups excluding carboxylic acids is 1. The van der Waals surface area contributed by atoms with Gasteiger partial charge in [-0.25, -0.2) is 17.9 Å². The number of hydrogen-bond acceptors (Lipinski definition) is 4. The van der Waals surface area contributed by atoms with Crippen molar-refractivity contribution in [3.05, 3.63) is 14.3 Å². The molecule has 0 atom stereocenters. The smallest absolute Gasteiger partial charge is 0.317 e. The van der Waals surface area contributed by atoms with Crippen LogP contribution in [0, 0.1) is 0 Å². The fourth-order valence-corrected chi connectivity index (χ4v) is 5.45. The van der Waals surface area contributed by atoms with Crippen molar-refractivity contribution in [1.29, 1.82) is 0 Å². The molecule has 1 aromatic heterocycles. The summed E-state index contributed by atoms with van der Waals surface area (Å²) in [6.07, 6.45) is 0. The van der Waals surface area contributed by atoms with E-state index in [1.807, 2.05) is 0 Å². The monoisotopic (exact) mass is 431 g/mol. The highest BCUT2D eigenvalue weighted by Gasteiger charge is 2.21. The van der Waals surface area contributed by atoms with E-state index in [1.165, 1.54) is 0 Å². The highest BCUT2D eigenvalue weighted by Crippen LogP contribution is 2.34. The van der Waals surface area contributed by atoms with Crippen molar-refractivity contribution in [2.75, 3.05) is 26.2 Å². The molecule has 6 nitrogen and oxygen atoms in total. The van der Waals surface area contributed by atoms with Crippen molar-refractivity contribution in [3.63, 3.8) is 0 Å². The first kappa shape index (κ1) is 15.2. The molecule has 0 aromatic carbocycles. The van der Waals surface area contributed by atoms with Gasteiger partial charge in [-0.15, -0.1) is 11.3 Å². The summed E-state index contributed by atoms with van der Waals surface area (Å²) in [4.78, 5) is 12.8. The summed E-state index contributed by atoms with van der Waals surface area (Å²) in [5.74, 6) is 0. The molecule has 1 aromatic rings. The lowest BCUT2D eigenvalue weighted by Gasteiger charge is -2.13. The normalized spacial score (nSPS) is 15.9. The summed E-state index contributed by atoms with van der Waals surface area (Å²) in [6.45, 7) is 1.77. The molecule has 0 unspecified atom stereocenters. The van der Waals surface area contributed by atoms with Crippen LogP contribution in [0.15, 0.2) is 18.5 Å². The third kappa shape index (κ3) is 3.69. The zero-order valence-electron chi connectivity index (χ0n) is 9.65. The zero-order chi connectivity index (χ0) is 14.0. The molecule has 10 heteroatoms. The molecule has 0 radical (unpaired) electrons. The van der Waals surface area contributed by atoms with Crippen molar-refractivity contribution < 1.29 is 13.2 Å². The molecule has 0 aliphatic carbocycles. The Bertz CT molecular complexity index is 568. The molecule has 0 spiro atoms. The van der Waals surface area contributed by atoms with E-state index in [0.717, 1.165) is 15.1 Å². The summed E-state index contributed by atoms with van der Waals surface area (Å²) in [7, 11) is -3.52. The fourth-order valence-electron chi connectivity index (χ4n) is 1.57. The summed E-state index contributed by atoms with van der Waals surface area (Å²) in [5, 5.41) is 2.66. The molecule has 19 heavy (non-hydrogen) atoms. The van der Waals surface area contributed by atoms with Crippen LogP contribution < -0.4 is 10.0 Å². The Morgan fingerprint density at radius 3 is 2.74 bits per heavy atom. The predicted octanol–water partition coefficient (Wildman–Crippen LogP) is 1.58. The van der Waals surface area contributed by atoms with E-state index in [2.05, 4.69) is 41.9 Å². The van der Waals surface area contributed by atoms with Crippen molar-refractivity contribution in [3.8, 4) is 0 Å². The van der Waals surface area contributed by atoms with Crippen LogP contribution in [0.5, 0.6) is 0 Å². The lowest BCUT2D eigenvalue weighted by Crippen LogP contribution is -2.36. The first-order valence-electron chi connectivity index (χ1n) is 5.37. The molecule has 2 N–H and O–H groups in total. The van der Waals surface area contributed by atoms with Crippen LogP contribution in [0.3, 0.4) is 0 Å². The third-order valence-electron chi connectivity index (χ3n) is 2.51. The zero-order valence-corrected chi connectivity index (χ0v) is 14.5. The second-order valence-corrected chi connectivity index (χ2v) is 9.02. The molecule has 1 saturated heterocycles. The third-order valence-corrected chi connectivity index (χ3v) is 7.70. The number of nitrogens with one attached hydrogen (secondary N) is 2. The van der Waals surface area contributed by atoms with Gasteiger partial charge in [0.1, 0.15) is 4.21 Å². The minimum absolute atomic E-state index is 0.152. The maximum Gasteiger partial charge on any atom is 0.317 e. The summed E-state index contributed by atoms with van der Waals surface area (Å²) in [6, 6.07) is 1.39. The molecule has 1 aliphatic rings. The maximum absolute atomic E-state index is 12.0. The van der Waals surface area contributed by atoms with Crippen molar-refractivity contribution >= 4 is 59.3 Å². The number of amides is 2. The van der Waals surface area contributed by atoms with E-state index in [1.54, 1.807) is 11.0 Å². The van der Waals surface area contributed by atoms with E-state index in [4.69, 9.17) is 0 Å². The highest BCUT2D eigenvalue weighted by atomic mass is 79.9. The number of thiophene rings is 1. The Labute approximate surface area is 131 Å². The standard InChI is InChI=1S/C9H11Br2N3O3S2/c10-6-5-7(18-8(6)11)19(16,17)13-2-4-14-3-1-12-9(14)15/h5,13H,1-4H2,(H,12,15). The molecule has 1 aliphatic heterocycles. The van der Waals surface area contributed by atoms with Gasteiger partial charge in [0.2, 0.25) is 10.0 Å². The highest BCUT2D eigenvalue weighted by molar-refractivity contribution is 9.13. The quantitative estimate of drug-likeness (QED) is 0.741. The number of halogens is 2. The van der Waals surface area contributed by atoms with Gasteiger partial charge in [0.15, 0.2) is 0 Å².